The van der Waals surface area contributed by atoms with Gasteiger partial charge < -0.3 is 5.32 Å². The van der Waals surface area contributed by atoms with E-state index in [0.717, 1.165) is 31.2 Å². The Hall–Kier alpha value is -0.930. The number of pyridine rings is 1. The first-order chi connectivity index (χ1) is 9.20. The van der Waals surface area contributed by atoms with Crippen molar-refractivity contribution >= 4 is 0 Å². The van der Waals surface area contributed by atoms with E-state index in [4.69, 9.17) is 4.98 Å². The topological polar surface area (TPSA) is 28.2 Å². The second kappa shape index (κ2) is 7.01. The summed E-state index contributed by atoms with van der Waals surface area (Å²) in [5, 5.41) is 3.34. The first-order valence-corrected chi connectivity index (χ1v) is 7.60. The van der Waals surface area contributed by atoms with Gasteiger partial charge in [0.1, 0.15) is 0 Å². The van der Waals surface area contributed by atoms with E-state index in [1.165, 1.54) is 25.1 Å². The maximum atomic E-state index is 4.76. The monoisotopic (exact) mass is 261 g/mol. The highest BCUT2D eigenvalue weighted by Gasteiger charge is 2.24. The van der Waals surface area contributed by atoms with Crippen molar-refractivity contribution in [1.29, 1.82) is 0 Å². The Morgan fingerprint density at radius 2 is 2.11 bits per heavy atom. The van der Waals surface area contributed by atoms with Gasteiger partial charge in [0.15, 0.2) is 0 Å². The summed E-state index contributed by atoms with van der Waals surface area (Å²) in [6, 6.07) is 7.07. The van der Waals surface area contributed by atoms with E-state index in [1.807, 2.05) is 0 Å². The van der Waals surface area contributed by atoms with Crippen molar-refractivity contribution in [2.75, 3.05) is 13.1 Å². The molecule has 1 fully saturated rings. The molecule has 0 saturated carbocycles. The van der Waals surface area contributed by atoms with Gasteiger partial charge in [-0.25, -0.2) is 0 Å². The van der Waals surface area contributed by atoms with Crippen molar-refractivity contribution in [2.24, 2.45) is 5.92 Å². The van der Waals surface area contributed by atoms with E-state index >= 15 is 0 Å². The number of nitrogens with one attached hydrogen (secondary N) is 1. The van der Waals surface area contributed by atoms with Crippen LogP contribution in [0.5, 0.6) is 0 Å². The van der Waals surface area contributed by atoms with E-state index in [-0.39, 0.29) is 0 Å². The SMILES string of the molecule is CCNCc1cccc(CN2CCCC(C)C2C)n1. The Bertz CT molecular complexity index is 391. The molecule has 0 radical (unpaired) electrons. The lowest BCUT2D eigenvalue weighted by atomic mass is 9.92. The van der Waals surface area contributed by atoms with E-state index in [2.05, 4.69) is 49.2 Å². The Morgan fingerprint density at radius 3 is 2.89 bits per heavy atom. The Balaban J connectivity index is 1.98. The van der Waals surface area contributed by atoms with Crippen molar-refractivity contribution in [3.05, 3.63) is 29.6 Å². The molecule has 0 bridgehead atoms. The summed E-state index contributed by atoms with van der Waals surface area (Å²) < 4.78 is 0. The Labute approximate surface area is 117 Å². The van der Waals surface area contributed by atoms with Crippen LogP contribution in [0.25, 0.3) is 0 Å². The number of rotatable bonds is 5. The Kier molecular flexibility index (Phi) is 5.34. The molecule has 1 aromatic rings. The highest BCUT2D eigenvalue weighted by atomic mass is 15.2. The predicted octanol–water partition coefficient (Wildman–Crippen LogP) is 2.81. The Morgan fingerprint density at radius 1 is 1.32 bits per heavy atom. The van der Waals surface area contributed by atoms with Gasteiger partial charge in [-0.3, -0.25) is 9.88 Å². The predicted molar refractivity (Wildman–Crippen MR) is 79.9 cm³/mol. The third-order valence-electron chi connectivity index (χ3n) is 4.29. The highest BCUT2D eigenvalue weighted by Crippen LogP contribution is 2.24. The number of piperidine rings is 1. The molecule has 1 aromatic heterocycles. The maximum absolute atomic E-state index is 4.76. The van der Waals surface area contributed by atoms with E-state index < -0.39 is 0 Å². The summed E-state index contributed by atoms with van der Waals surface area (Å²) in [5.41, 5.74) is 2.36. The quantitative estimate of drug-likeness (QED) is 0.883. The molecular weight excluding hydrogens is 234 g/mol. The van der Waals surface area contributed by atoms with Gasteiger partial charge in [0, 0.05) is 19.1 Å². The second-order valence-corrected chi connectivity index (χ2v) is 5.73. The molecule has 1 aliphatic heterocycles. The highest BCUT2D eigenvalue weighted by molar-refractivity contribution is 5.11. The molecule has 1 N–H and O–H groups in total. The van der Waals surface area contributed by atoms with Crippen LogP contribution in [0.4, 0.5) is 0 Å². The molecule has 0 amide bonds. The molecule has 19 heavy (non-hydrogen) atoms. The fourth-order valence-electron chi connectivity index (χ4n) is 2.82. The third kappa shape index (κ3) is 4.02. The van der Waals surface area contributed by atoms with E-state index in [1.54, 1.807) is 0 Å². The number of likely N-dealkylation sites (tertiary alicyclic amines) is 1. The zero-order chi connectivity index (χ0) is 13.7. The van der Waals surface area contributed by atoms with Crippen LogP contribution >= 0.6 is 0 Å². The van der Waals surface area contributed by atoms with Crippen LogP contribution in [-0.2, 0) is 13.1 Å². The minimum atomic E-state index is 0.674. The molecular formula is C16H27N3. The van der Waals surface area contributed by atoms with Gasteiger partial charge >= 0.3 is 0 Å². The fraction of sp³-hybridized carbons (Fsp3) is 0.688. The molecule has 1 aliphatic rings. The second-order valence-electron chi connectivity index (χ2n) is 5.73. The molecule has 2 unspecified atom stereocenters. The molecule has 3 heteroatoms. The lowest BCUT2D eigenvalue weighted by Crippen LogP contribution is -2.41. The molecule has 0 spiro atoms. The van der Waals surface area contributed by atoms with Crippen molar-refractivity contribution in [2.45, 2.75) is 52.7 Å². The largest absolute Gasteiger partial charge is 0.311 e. The summed E-state index contributed by atoms with van der Waals surface area (Å²) >= 11 is 0. The number of nitrogens with zero attached hydrogens (tertiary/aromatic N) is 2. The van der Waals surface area contributed by atoms with Crippen LogP contribution in [-0.4, -0.2) is 29.0 Å². The van der Waals surface area contributed by atoms with Gasteiger partial charge in [0.25, 0.3) is 0 Å². The van der Waals surface area contributed by atoms with Crippen molar-refractivity contribution < 1.29 is 0 Å². The molecule has 2 rings (SSSR count). The molecule has 0 aromatic carbocycles. The van der Waals surface area contributed by atoms with E-state index in [0.29, 0.717) is 6.04 Å². The van der Waals surface area contributed by atoms with Crippen LogP contribution in [0.2, 0.25) is 0 Å². The van der Waals surface area contributed by atoms with Crippen molar-refractivity contribution in [3.8, 4) is 0 Å². The van der Waals surface area contributed by atoms with Crippen LogP contribution in [0.3, 0.4) is 0 Å². The lowest BCUT2D eigenvalue weighted by Gasteiger charge is -2.37. The molecule has 0 aliphatic carbocycles. The molecule has 1 saturated heterocycles. The average Bonchev–Trinajstić information content (AvgIpc) is 2.42. The smallest absolute Gasteiger partial charge is 0.0547 e. The zero-order valence-corrected chi connectivity index (χ0v) is 12.5. The summed E-state index contributed by atoms with van der Waals surface area (Å²) in [5.74, 6) is 0.804. The summed E-state index contributed by atoms with van der Waals surface area (Å²) in [6.45, 7) is 10.9. The van der Waals surface area contributed by atoms with Gasteiger partial charge in [-0.2, -0.15) is 0 Å². The van der Waals surface area contributed by atoms with Crippen LogP contribution in [0.1, 0.15) is 45.0 Å². The summed E-state index contributed by atoms with van der Waals surface area (Å²) in [6.07, 6.45) is 2.69. The first kappa shape index (κ1) is 14.5. The van der Waals surface area contributed by atoms with Crippen molar-refractivity contribution in [3.63, 3.8) is 0 Å². The maximum Gasteiger partial charge on any atom is 0.0547 e. The minimum Gasteiger partial charge on any atom is -0.311 e. The van der Waals surface area contributed by atoms with E-state index in [9.17, 15) is 0 Å². The zero-order valence-electron chi connectivity index (χ0n) is 12.5. The molecule has 3 nitrogen and oxygen atoms in total. The van der Waals surface area contributed by atoms with Crippen molar-refractivity contribution in [1.82, 2.24) is 15.2 Å². The van der Waals surface area contributed by atoms with Crippen LogP contribution in [0, 0.1) is 5.92 Å². The third-order valence-corrected chi connectivity index (χ3v) is 4.29. The number of aromatic nitrogens is 1. The fourth-order valence-corrected chi connectivity index (χ4v) is 2.82. The average molecular weight is 261 g/mol. The normalized spacial score (nSPS) is 24.6. The molecule has 106 valence electrons. The standard InChI is InChI=1S/C16H27N3/c1-4-17-11-15-8-5-9-16(18-15)12-19-10-6-7-13(2)14(19)3/h5,8-9,13-14,17H,4,6-7,10-12H2,1-3H3. The number of hydrogen-bond donors (Lipinski definition) is 1. The molecule has 2 heterocycles. The lowest BCUT2D eigenvalue weighted by molar-refractivity contribution is 0.105. The number of hydrogen-bond acceptors (Lipinski definition) is 3. The van der Waals surface area contributed by atoms with Gasteiger partial charge in [0.2, 0.25) is 0 Å². The van der Waals surface area contributed by atoms with Gasteiger partial charge in [0.05, 0.1) is 11.4 Å². The van der Waals surface area contributed by atoms with Gasteiger partial charge in [-0.15, -0.1) is 0 Å². The van der Waals surface area contributed by atoms with Crippen LogP contribution in [0.15, 0.2) is 18.2 Å². The first-order valence-electron chi connectivity index (χ1n) is 7.60. The van der Waals surface area contributed by atoms with Crippen LogP contribution < -0.4 is 5.32 Å². The molecule has 2 atom stereocenters. The summed E-state index contributed by atoms with van der Waals surface area (Å²) in [7, 11) is 0. The van der Waals surface area contributed by atoms with Gasteiger partial charge in [-0.1, -0.05) is 19.9 Å². The van der Waals surface area contributed by atoms with Gasteiger partial charge in [-0.05, 0) is 50.9 Å². The minimum absolute atomic E-state index is 0.674. The summed E-state index contributed by atoms with van der Waals surface area (Å²) in [4.78, 5) is 7.34.